The molecule has 1 aromatic rings. The first-order chi connectivity index (χ1) is 7.54. The van der Waals surface area contributed by atoms with E-state index in [1.54, 1.807) is 6.92 Å². The molecule has 0 fully saturated rings. The number of esters is 1. The highest BCUT2D eigenvalue weighted by molar-refractivity contribution is 6.30. The minimum absolute atomic E-state index is 0.0213. The topological polar surface area (TPSA) is 26.3 Å². The second-order valence-electron chi connectivity index (χ2n) is 3.16. The average molecular weight is 249 g/mol. The van der Waals surface area contributed by atoms with E-state index in [1.165, 1.54) is 6.07 Å². The Balaban J connectivity index is 2.69. The van der Waals surface area contributed by atoms with E-state index in [0.717, 1.165) is 12.1 Å². The predicted molar refractivity (Wildman–Crippen MR) is 56.3 cm³/mol. The van der Waals surface area contributed by atoms with Crippen LogP contribution in [-0.2, 0) is 16.0 Å². The molecule has 16 heavy (non-hydrogen) atoms. The van der Waals surface area contributed by atoms with Crippen LogP contribution in [0.4, 0.5) is 8.78 Å². The molecule has 88 valence electrons. The van der Waals surface area contributed by atoms with Crippen molar-refractivity contribution in [1.29, 1.82) is 0 Å². The molecule has 1 aromatic carbocycles. The lowest BCUT2D eigenvalue weighted by Gasteiger charge is -2.09. The fourth-order valence-corrected chi connectivity index (χ4v) is 1.43. The van der Waals surface area contributed by atoms with Crippen molar-refractivity contribution >= 4 is 17.6 Å². The van der Waals surface area contributed by atoms with Crippen LogP contribution in [0.25, 0.3) is 0 Å². The lowest BCUT2D eigenvalue weighted by atomic mass is 10.1. The van der Waals surface area contributed by atoms with Crippen molar-refractivity contribution in [3.63, 3.8) is 0 Å². The third-order valence-corrected chi connectivity index (χ3v) is 2.29. The van der Waals surface area contributed by atoms with Crippen LogP contribution in [0.3, 0.4) is 0 Å². The summed E-state index contributed by atoms with van der Waals surface area (Å²) in [6.45, 7) is 1.87. The zero-order chi connectivity index (χ0) is 12.1. The van der Waals surface area contributed by atoms with Crippen LogP contribution in [0.15, 0.2) is 18.2 Å². The van der Waals surface area contributed by atoms with E-state index in [9.17, 15) is 13.6 Å². The van der Waals surface area contributed by atoms with Crippen LogP contribution >= 0.6 is 11.6 Å². The van der Waals surface area contributed by atoms with Gasteiger partial charge in [-0.15, -0.1) is 11.6 Å². The number of carbonyl (C=O) groups excluding carboxylic acids is 1. The number of halogens is 3. The van der Waals surface area contributed by atoms with Crippen molar-refractivity contribution in [1.82, 2.24) is 0 Å². The Bertz CT molecular complexity index is 382. The Kier molecular flexibility index (Phi) is 4.68. The zero-order valence-electron chi connectivity index (χ0n) is 8.67. The van der Waals surface area contributed by atoms with E-state index < -0.39 is 23.0 Å². The van der Waals surface area contributed by atoms with Gasteiger partial charge in [0.25, 0.3) is 0 Å². The van der Waals surface area contributed by atoms with Gasteiger partial charge in [0.15, 0.2) is 0 Å². The summed E-state index contributed by atoms with van der Waals surface area (Å²) in [4.78, 5) is 11.2. The van der Waals surface area contributed by atoms with Crippen molar-refractivity contribution < 1.29 is 18.3 Å². The number of rotatable bonds is 4. The molecule has 1 atom stereocenters. The standard InChI is InChI=1S/C11H11ClF2O2/c1-2-16-11(15)9(12)5-7-3-4-8(13)6-10(7)14/h3-4,6,9H,2,5H2,1H3. The highest BCUT2D eigenvalue weighted by Gasteiger charge is 2.18. The van der Waals surface area contributed by atoms with Gasteiger partial charge in [-0.05, 0) is 18.6 Å². The van der Waals surface area contributed by atoms with E-state index in [-0.39, 0.29) is 18.6 Å². The second kappa shape index (κ2) is 5.80. The monoisotopic (exact) mass is 248 g/mol. The minimum atomic E-state index is -0.958. The van der Waals surface area contributed by atoms with Crippen molar-refractivity contribution in [2.24, 2.45) is 0 Å². The zero-order valence-corrected chi connectivity index (χ0v) is 9.43. The van der Waals surface area contributed by atoms with Crippen LogP contribution in [-0.4, -0.2) is 18.0 Å². The first-order valence-corrected chi connectivity index (χ1v) is 5.23. The molecule has 0 aromatic heterocycles. The Morgan fingerprint density at radius 2 is 2.19 bits per heavy atom. The summed E-state index contributed by atoms with van der Waals surface area (Å²) in [6, 6.07) is 3.14. The molecule has 0 saturated heterocycles. The van der Waals surface area contributed by atoms with Crippen LogP contribution < -0.4 is 0 Å². The van der Waals surface area contributed by atoms with Gasteiger partial charge in [0.05, 0.1) is 6.61 Å². The van der Waals surface area contributed by atoms with Crippen molar-refractivity contribution in [2.45, 2.75) is 18.7 Å². The molecule has 0 amide bonds. The maximum absolute atomic E-state index is 13.2. The van der Waals surface area contributed by atoms with Crippen molar-refractivity contribution in [2.75, 3.05) is 6.61 Å². The van der Waals surface area contributed by atoms with E-state index in [2.05, 4.69) is 4.74 Å². The highest BCUT2D eigenvalue weighted by atomic mass is 35.5. The molecule has 2 nitrogen and oxygen atoms in total. The molecule has 0 bridgehead atoms. The molecule has 1 rings (SSSR count). The Hall–Kier alpha value is -1.16. The summed E-state index contributed by atoms with van der Waals surface area (Å²) >= 11 is 5.72. The molecule has 0 aliphatic carbocycles. The molecule has 0 saturated carbocycles. The quantitative estimate of drug-likeness (QED) is 0.605. The van der Waals surface area contributed by atoms with Crippen LogP contribution in [0.5, 0.6) is 0 Å². The van der Waals surface area contributed by atoms with E-state index in [1.807, 2.05) is 0 Å². The average Bonchev–Trinajstić information content (AvgIpc) is 2.22. The fraction of sp³-hybridized carbons (Fsp3) is 0.364. The molecule has 0 heterocycles. The SMILES string of the molecule is CCOC(=O)C(Cl)Cc1ccc(F)cc1F. The number of alkyl halides is 1. The summed E-state index contributed by atoms with van der Waals surface area (Å²) in [5.74, 6) is -1.98. The number of hydrogen-bond donors (Lipinski definition) is 0. The maximum Gasteiger partial charge on any atom is 0.324 e. The van der Waals surface area contributed by atoms with Gasteiger partial charge in [-0.2, -0.15) is 0 Å². The van der Waals surface area contributed by atoms with Gasteiger partial charge in [-0.1, -0.05) is 6.07 Å². The molecule has 1 unspecified atom stereocenters. The number of hydrogen-bond acceptors (Lipinski definition) is 2. The van der Waals surface area contributed by atoms with Gasteiger partial charge in [0, 0.05) is 12.5 Å². The predicted octanol–water partition coefficient (Wildman–Crippen LogP) is 2.68. The third-order valence-electron chi connectivity index (χ3n) is 1.96. The molecular weight excluding hydrogens is 238 g/mol. The van der Waals surface area contributed by atoms with Gasteiger partial charge in [-0.3, -0.25) is 4.79 Å². The normalized spacial score (nSPS) is 12.2. The van der Waals surface area contributed by atoms with Gasteiger partial charge >= 0.3 is 5.97 Å². The minimum Gasteiger partial charge on any atom is -0.465 e. The molecule has 0 aliphatic rings. The number of carbonyl (C=O) groups is 1. The Morgan fingerprint density at radius 1 is 1.50 bits per heavy atom. The Morgan fingerprint density at radius 3 is 2.75 bits per heavy atom. The van der Waals surface area contributed by atoms with Crippen LogP contribution in [0.1, 0.15) is 12.5 Å². The van der Waals surface area contributed by atoms with Crippen LogP contribution in [0.2, 0.25) is 0 Å². The van der Waals surface area contributed by atoms with E-state index >= 15 is 0 Å². The summed E-state index contributed by atoms with van der Waals surface area (Å²) in [5.41, 5.74) is 0.189. The van der Waals surface area contributed by atoms with Crippen LogP contribution in [0, 0.1) is 11.6 Å². The molecule has 0 spiro atoms. The smallest absolute Gasteiger partial charge is 0.324 e. The number of benzene rings is 1. The molecule has 0 aliphatic heterocycles. The van der Waals surface area contributed by atoms with Gasteiger partial charge < -0.3 is 4.74 Å². The first kappa shape index (κ1) is 12.9. The van der Waals surface area contributed by atoms with E-state index in [0.29, 0.717) is 0 Å². The lowest BCUT2D eigenvalue weighted by Crippen LogP contribution is -2.20. The maximum atomic E-state index is 13.2. The highest BCUT2D eigenvalue weighted by Crippen LogP contribution is 2.15. The largest absolute Gasteiger partial charge is 0.465 e. The lowest BCUT2D eigenvalue weighted by molar-refractivity contribution is -0.142. The first-order valence-electron chi connectivity index (χ1n) is 4.79. The molecular formula is C11H11ClF2O2. The van der Waals surface area contributed by atoms with Crippen molar-refractivity contribution in [3.05, 3.63) is 35.4 Å². The second-order valence-corrected chi connectivity index (χ2v) is 3.69. The molecule has 0 radical (unpaired) electrons. The Labute approximate surface area is 97.2 Å². The van der Waals surface area contributed by atoms with Gasteiger partial charge in [-0.25, -0.2) is 8.78 Å². The molecule has 0 N–H and O–H groups in total. The third kappa shape index (κ3) is 3.45. The summed E-state index contributed by atoms with van der Waals surface area (Å²) in [5, 5.41) is -0.958. The fourth-order valence-electron chi connectivity index (χ4n) is 1.20. The van der Waals surface area contributed by atoms with Crippen molar-refractivity contribution in [3.8, 4) is 0 Å². The summed E-state index contributed by atoms with van der Waals surface area (Å²) < 4.78 is 30.5. The van der Waals surface area contributed by atoms with Gasteiger partial charge in [0.1, 0.15) is 17.0 Å². The van der Waals surface area contributed by atoms with E-state index in [4.69, 9.17) is 11.6 Å². The molecule has 5 heteroatoms. The summed E-state index contributed by atoms with van der Waals surface area (Å²) in [7, 11) is 0. The number of ether oxygens (including phenoxy) is 1. The van der Waals surface area contributed by atoms with Gasteiger partial charge in [0.2, 0.25) is 0 Å². The summed E-state index contributed by atoms with van der Waals surface area (Å²) in [6.07, 6.45) is -0.0213.